The van der Waals surface area contributed by atoms with Crippen LogP contribution in [0.2, 0.25) is 0 Å². The minimum Gasteiger partial charge on any atom is -0.452 e. The normalized spacial score (nSPS) is 29.3. The molecule has 0 spiro atoms. The third kappa shape index (κ3) is 3.39. The predicted octanol–water partition coefficient (Wildman–Crippen LogP) is 5.80. The number of thioether (sulfide) groups is 1. The Hall–Kier alpha value is -2.08. The lowest BCUT2D eigenvalue weighted by Gasteiger charge is -2.48. The molecule has 2 heterocycles. The molecular formula is C24H30N4OS. The van der Waals surface area contributed by atoms with Crippen molar-refractivity contribution in [1.82, 2.24) is 15.2 Å². The minimum absolute atomic E-state index is 0.131. The monoisotopic (exact) mass is 422 g/mol. The SMILES string of the molecule is CSc1nnc2c(n1)O[C@H]([C@@H]1C[C@@H]3C(=CCCC3(C)C)C[C@H]1C)Nc1ccccc1-2. The van der Waals surface area contributed by atoms with Crippen LogP contribution in [0, 0.1) is 23.2 Å². The Bertz CT molecular complexity index is 989. The fourth-order valence-electron chi connectivity index (χ4n) is 5.54. The van der Waals surface area contributed by atoms with Crippen LogP contribution < -0.4 is 10.1 Å². The number of allylic oxidation sites excluding steroid dienone is 2. The second-order valence-electron chi connectivity index (χ2n) is 9.62. The molecule has 4 atom stereocenters. The van der Waals surface area contributed by atoms with Crippen LogP contribution in [0.3, 0.4) is 0 Å². The van der Waals surface area contributed by atoms with Crippen molar-refractivity contribution in [2.24, 2.45) is 23.2 Å². The lowest BCUT2D eigenvalue weighted by Crippen LogP contribution is -2.45. The first-order chi connectivity index (χ1) is 14.5. The van der Waals surface area contributed by atoms with E-state index < -0.39 is 0 Å². The van der Waals surface area contributed by atoms with Crippen LogP contribution in [0.1, 0.15) is 46.5 Å². The first kappa shape index (κ1) is 19.9. The van der Waals surface area contributed by atoms with Gasteiger partial charge >= 0.3 is 0 Å². The van der Waals surface area contributed by atoms with Gasteiger partial charge in [0, 0.05) is 17.2 Å². The number of aromatic nitrogens is 3. The highest BCUT2D eigenvalue weighted by Gasteiger charge is 2.44. The first-order valence-electron chi connectivity index (χ1n) is 11.0. The number of para-hydroxylation sites is 1. The second kappa shape index (κ2) is 7.56. The van der Waals surface area contributed by atoms with E-state index in [-0.39, 0.29) is 6.23 Å². The summed E-state index contributed by atoms with van der Waals surface area (Å²) in [4.78, 5) is 4.69. The number of nitrogens with zero attached hydrogens (tertiary/aromatic N) is 3. The molecule has 1 saturated carbocycles. The van der Waals surface area contributed by atoms with Crippen molar-refractivity contribution in [3.8, 4) is 17.1 Å². The van der Waals surface area contributed by atoms with Gasteiger partial charge in [0.15, 0.2) is 11.9 Å². The van der Waals surface area contributed by atoms with E-state index in [0.29, 0.717) is 34.2 Å². The maximum atomic E-state index is 6.58. The van der Waals surface area contributed by atoms with E-state index in [1.54, 1.807) is 5.57 Å². The van der Waals surface area contributed by atoms with E-state index in [0.717, 1.165) is 29.8 Å². The number of hydrogen-bond acceptors (Lipinski definition) is 6. The molecule has 1 aliphatic heterocycles. The quantitative estimate of drug-likeness (QED) is 0.487. The molecule has 1 aromatic carbocycles. The van der Waals surface area contributed by atoms with Crippen molar-refractivity contribution >= 4 is 17.4 Å². The topological polar surface area (TPSA) is 59.9 Å². The molecule has 30 heavy (non-hydrogen) atoms. The average Bonchev–Trinajstić information content (AvgIpc) is 2.89. The van der Waals surface area contributed by atoms with Gasteiger partial charge in [-0.3, -0.25) is 0 Å². The Morgan fingerprint density at radius 3 is 2.87 bits per heavy atom. The summed E-state index contributed by atoms with van der Waals surface area (Å²) < 4.78 is 6.58. The van der Waals surface area contributed by atoms with Crippen molar-refractivity contribution in [3.05, 3.63) is 35.9 Å². The number of nitrogens with one attached hydrogen (secondary N) is 1. The van der Waals surface area contributed by atoms with Crippen molar-refractivity contribution < 1.29 is 4.74 Å². The highest BCUT2D eigenvalue weighted by molar-refractivity contribution is 7.98. The summed E-state index contributed by atoms with van der Waals surface area (Å²) in [5, 5.41) is 13.1. The third-order valence-corrected chi connectivity index (χ3v) is 7.85. The zero-order valence-corrected chi connectivity index (χ0v) is 19.0. The minimum atomic E-state index is -0.131. The molecule has 0 radical (unpaired) electrons. The van der Waals surface area contributed by atoms with Crippen molar-refractivity contribution in [2.45, 2.75) is 57.8 Å². The molecule has 1 N–H and O–H groups in total. The Kier molecular flexibility index (Phi) is 5.00. The van der Waals surface area contributed by atoms with Crippen LogP contribution in [-0.4, -0.2) is 27.7 Å². The van der Waals surface area contributed by atoms with Crippen LogP contribution in [0.25, 0.3) is 11.3 Å². The molecule has 0 amide bonds. The van der Waals surface area contributed by atoms with Gasteiger partial charge in [-0.15, -0.1) is 10.2 Å². The van der Waals surface area contributed by atoms with Crippen LogP contribution in [0.15, 0.2) is 41.1 Å². The largest absolute Gasteiger partial charge is 0.452 e. The van der Waals surface area contributed by atoms with E-state index in [1.165, 1.54) is 24.6 Å². The molecule has 1 fully saturated rings. The first-order valence-corrected chi connectivity index (χ1v) is 12.2. The van der Waals surface area contributed by atoms with Crippen LogP contribution >= 0.6 is 11.8 Å². The van der Waals surface area contributed by atoms with Gasteiger partial charge < -0.3 is 10.1 Å². The number of rotatable bonds is 2. The van der Waals surface area contributed by atoms with Gasteiger partial charge in [0.05, 0.1) is 0 Å². The molecule has 0 bridgehead atoms. The molecule has 2 aromatic rings. The summed E-state index contributed by atoms with van der Waals surface area (Å²) >= 11 is 1.49. The Labute approximate surface area is 183 Å². The number of fused-ring (bicyclic) bond motifs is 4. The van der Waals surface area contributed by atoms with Crippen LogP contribution in [0.5, 0.6) is 5.88 Å². The van der Waals surface area contributed by atoms with Gasteiger partial charge in [0.2, 0.25) is 11.0 Å². The fourth-order valence-corrected chi connectivity index (χ4v) is 5.84. The van der Waals surface area contributed by atoms with Gasteiger partial charge in [-0.25, -0.2) is 0 Å². The molecule has 1 aromatic heterocycles. The smallest absolute Gasteiger partial charge is 0.247 e. The summed E-state index contributed by atoms with van der Waals surface area (Å²) in [6, 6.07) is 8.26. The van der Waals surface area contributed by atoms with Crippen molar-refractivity contribution in [1.29, 1.82) is 0 Å². The molecule has 5 rings (SSSR count). The molecule has 5 nitrogen and oxygen atoms in total. The zero-order valence-electron chi connectivity index (χ0n) is 18.2. The Balaban J connectivity index is 1.53. The summed E-state index contributed by atoms with van der Waals surface area (Å²) in [5.74, 6) is 2.16. The standard InChI is InChI=1S/C24H30N4OS/c1-14-12-15-8-7-11-24(2,3)18(15)13-17(14)21-25-19-10-6-5-9-16(19)20-22(29-21)26-23(30-4)28-27-20/h5-6,8-10,14,17-18,21,25H,7,11-13H2,1-4H3/t14-,17-,18-,21-/m1/s1. The highest BCUT2D eigenvalue weighted by atomic mass is 32.2. The fraction of sp³-hybridized carbons (Fsp3) is 0.542. The second-order valence-corrected chi connectivity index (χ2v) is 10.4. The Morgan fingerprint density at radius 2 is 2.03 bits per heavy atom. The maximum absolute atomic E-state index is 6.58. The number of anilines is 1. The number of benzene rings is 1. The van der Waals surface area contributed by atoms with Gasteiger partial charge in [0.25, 0.3) is 0 Å². The lowest BCUT2D eigenvalue weighted by atomic mass is 9.59. The third-order valence-electron chi connectivity index (χ3n) is 7.31. The van der Waals surface area contributed by atoms with E-state index in [1.807, 2.05) is 12.3 Å². The van der Waals surface area contributed by atoms with Gasteiger partial charge in [0.1, 0.15) is 0 Å². The number of hydrogen-bond donors (Lipinski definition) is 1. The van der Waals surface area contributed by atoms with Crippen LogP contribution in [-0.2, 0) is 0 Å². The van der Waals surface area contributed by atoms with E-state index in [2.05, 4.69) is 65.5 Å². The molecule has 2 aliphatic carbocycles. The molecule has 158 valence electrons. The summed E-state index contributed by atoms with van der Waals surface area (Å²) in [5.41, 5.74) is 4.78. The van der Waals surface area contributed by atoms with E-state index in [4.69, 9.17) is 4.74 Å². The van der Waals surface area contributed by atoms with Gasteiger partial charge in [-0.2, -0.15) is 4.98 Å². The lowest BCUT2D eigenvalue weighted by molar-refractivity contribution is 0.0519. The maximum Gasteiger partial charge on any atom is 0.247 e. The van der Waals surface area contributed by atoms with Gasteiger partial charge in [-0.1, -0.05) is 62.4 Å². The van der Waals surface area contributed by atoms with E-state index >= 15 is 0 Å². The molecule has 0 unspecified atom stereocenters. The molecule has 3 aliphatic rings. The van der Waals surface area contributed by atoms with E-state index in [9.17, 15) is 0 Å². The molecule has 0 saturated heterocycles. The van der Waals surface area contributed by atoms with Crippen molar-refractivity contribution in [2.75, 3.05) is 11.6 Å². The summed E-state index contributed by atoms with van der Waals surface area (Å²) in [6.45, 7) is 7.24. The van der Waals surface area contributed by atoms with Gasteiger partial charge in [-0.05, 0) is 55.3 Å². The molecular weight excluding hydrogens is 392 g/mol. The van der Waals surface area contributed by atoms with Crippen LogP contribution in [0.4, 0.5) is 5.69 Å². The summed E-state index contributed by atoms with van der Waals surface area (Å²) in [6.07, 6.45) is 9.13. The number of ether oxygens (including phenoxy) is 1. The Morgan fingerprint density at radius 1 is 1.20 bits per heavy atom. The predicted molar refractivity (Wildman–Crippen MR) is 122 cm³/mol. The molecule has 6 heteroatoms. The highest BCUT2D eigenvalue weighted by Crippen LogP contribution is 2.52. The average molecular weight is 423 g/mol. The summed E-state index contributed by atoms with van der Waals surface area (Å²) in [7, 11) is 0. The van der Waals surface area contributed by atoms with Crippen molar-refractivity contribution in [3.63, 3.8) is 0 Å². The zero-order chi connectivity index (χ0) is 20.9.